The molecule has 1 amide bonds. The second-order valence-electron chi connectivity index (χ2n) is 4.80. The SMILES string of the molecule is Cc1ccc(CC(=O)Nc2cc(-c3ccsc3)no2)cc1. The number of aromatic nitrogens is 1. The number of nitrogens with zero attached hydrogens (tertiary/aromatic N) is 1. The van der Waals surface area contributed by atoms with Crippen LogP contribution in [-0.4, -0.2) is 11.1 Å². The van der Waals surface area contributed by atoms with Gasteiger partial charge in [0.15, 0.2) is 0 Å². The molecule has 0 fully saturated rings. The fourth-order valence-electron chi connectivity index (χ4n) is 1.95. The number of anilines is 1. The topological polar surface area (TPSA) is 55.1 Å². The van der Waals surface area contributed by atoms with Crippen LogP contribution in [0.4, 0.5) is 5.88 Å². The third-order valence-corrected chi connectivity index (χ3v) is 3.76. The Bertz CT molecular complexity index is 730. The minimum absolute atomic E-state index is 0.119. The van der Waals surface area contributed by atoms with E-state index in [1.54, 1.807) is 17.4 Å². The number of aryl methyl sites for hydroxylation is 1. The fourth-order valence-corrected chi connectivity index (χ4v) is 2.60. The van der Waals surface area contributed by atoms with Gasteiger partial charge in [-0.2, -0.15) is 11.3 Å². The molecule has 1 N–H and O–H groups in total. The summed E-state index contributed by atoms with van der Waals surface area (Å²) in [4.78, 5) is 12.0. The Hall–Kier alpha value is -2.40. The largest absolute Gasteiger partial charge is 0.338 e. The van der Waals surface area contributed by atoms with Crippen molar-refractivity contribution in [2.75, 3.05) is 5.32 Å². The Morgan fingerprint density at radius 2 is 2.10 bits per heavy atom. The lowest BCUT2D eigenvalue weighted by Gasteiger charge is -2.01. The molecule has 0 unspecified atom stereocenters. The maximum absolute atomic E-state index is 12.0. The van der Waals surface area contributed by atoms with Crippen molar-refractivity contribution in [2.45, 2.75) is 13.3 Å². The third-order valence-electron chi connectivity index (χ3n) is 3.07. The van der Waals surface area contributed by atoms with Crippen LogP contribution in [0.15, 0.2) is 51.7 Å². The number of carbonyl (C=O) groups is 1. The van der Waals surface area contributed by atoms with E-state index in [-0.39, 0.29) is 5.91 Å². The summed E-state index contributed by atoms with van der Waals surface area (Å²) in [7, 11) is 0. The Morgan fingerprint density at radius 3 is 2.81 bits per heavy atom. The van der Waals surface area contributed by atoms with Crippen LogP contribution in [0.2, 0.25) is 0 Å². The molecular weight excluding hydrogens is 284 g/mol. The molecule has 0 saturated heterocycles. The van der Waals surface area contributed by atoms with Gasteiger partial charge in [-0.1, -0.05) is 35.0 Å². The zero-order valence-corrected chi connectivity index (χ0v) is 12.3. The lowest BCUT2D eigenvalue weighted by Crippen LogP contribution is -2.13. The number of carbonyl (C=O) groups excluding carboxylic acids is 1. The summed E-state index contributed by atoms with van der Waals surface area (Å²) in [5.41, 5.74) is 3.86. The van der Waals surface area contributed by atoms with Crippen molar-refractivity contribution in [1.29, 1.82) is 0 Å². The lowest BCUT2D eigenvalue weighted by atomic mass is 10.1. The van der Waals surface area contributed by atoms with Gasteiger partial charge in [0.1, 0.15) is 5.69 Å². The molecule has 3 rings (SSSR count). The highest BCUT2D eigenvalue weighted by Crippen LogP contribution is 2.23. The van der Waals surface area contributed by atoms with Crippen LogP contribution in [-0.2, 0) is 11.2 Å². The molecule has 106 valence electrons. The summed E-state index contributed by atoms with van der Waals surface area (Å²) < 4.78 is 5.14. The van der Waals surface area contributed by atoms with Crippen molar-refractivity contribution >= 4 is 23.1 Å². The maximum Gasteiger partial charge on any atom is 0.231 e. The molecular formula is C16H14N2O2S. The van der Waals surface area contributed by atoms with E-state index in [0.29, 0.717) is 12.3 Å². The Labute approximate surface area is 126 Å². The molecule has 2 aromatic heterocycles. The first-order valence-corrected chi connectivity index (χ1v) is 7.50. The summed E-state index contributed by atoms with van der Waals surface area (Å²) in [6.07, 6.45) is 0.314. The quantitative estimate of drug-likeness (QED) is 0.795. The van der Waals surface area contributed by atoms with Crippen molar-refractivity contribution in [3.05, 3.63) is 58.3 Å². The van der Waals surface area contributed by atoms with Crippen LogP contribution in [0.3, 0.4) is 0 Å². The van der Waals surface area contributed by atoms with Gasteiger partial charge in [-0.15, -0.1) is 0 Å². The smallest absolute Gasteiger partial charge is 0.231 e. The predicted octanol–water partition coefficient (Wildman–Crippen LogP) is 3.89. The second-order valence-corrected chi connectivity index (χ2v) is 5.58. The minimum atomic E-state index is -0.119. The average molecular weight is 298 g/mol. The zero-order valence-electron chi connectivity index (χ0n) is 11.5. The van der Waals surface area contributed by atoms with Crippen molar-refractivity contribution in [3.63, 3.8) is 0 Å². The van der Waals surface area contributed by atoms with Crippen LogP contribution in [0, 0.1) is 6.92 Å². The van der Waals surface area contributed by atoms with E-state index in [0.717, 1.165) is 16.8 Å². The normalized spacial score (nSPS) is 10.5. The maximum atomic E-state index is 12.0. The summed E-state index contributed by atoms with van der Waals surface area (Å²) in [6.45, 7) is 2.02. The molecule has 0 aliphatic rings. The van der Waals surface area contributed by atoms with Crippen molar-refractivity contribution in [3.8, 4) is 11.3 Å². The van der Waals surface area contributed by atoms with Gasteiger partial charge in [-0.05, 0) is 23.9 Å². The molecule has 5 heteroatoms. The first kappa shape index (κ1) is 13.6. The van der Waals surface area contributed by atoms with E-state index in [9.17, 15) is 4.79 Å². The molecule has 21 heavy (non-hydrogen) atoms. The molecule has 0 atom stereocenters. The van der Waals surface area contributed by atoms with Crippen LogP contribution < -0.4 is 5.32 Å². The second kappa shape index (κ2) is 5.93. The summed E-state index contributed by atoms with van der Waals surface area (Å²) in [5.74, 6) is 0.250. The van der Waals surface area contributed by atoms with Gasteiger partial charge in [0.2, 0.25) is 11.8 Å². The van der Waals surface area contributed by atoms with Gasteiger partial charge < -0.3 is 4.52 Å². The standard InChI is InChI=1S/C16H14N2O2S/c1-11-2-4-12(5-3-11)8-15(19)17-16-9-14(18-20-16)13-6-7-21-10-13/h2-7,9-10H,8H2,1H3,(H,17,19). The number of thiophene rings is 1. The first-order valence-electron chi connectivity index (χ1n) is 6.55. The number of hydrogen-bond acceptors (Lipinski definition) is 4. The average Bonchev–Trinajstić information content (AvgIpc) is 3.12. The van der Waals surface area contributed by atoms with Crippen LogP contribution in [0.25, 0.3) is 11.3 Å². The number of benzene rings is 1. The van der Waals surface area contributed by atoms with E-state index >= 15 is 0 Å². The highest BCUT2D eigenvalue weighted by molar-refractivity contribution is 7.08. The van der Waals surface area contributed by atoms with Gasteiger partial charge in [0.05, 0.1) is 6.42 Å². The molecule has 1 aromatic carbocycles. The zero-order chi connectivity index (χ0) is 14.7. The number of amides is 1. The number of hydrogen-bond donors (Lipinski definition) is 1. The van der Waals surface area contributed by atoms with Gasteiger partial charge in [0, 0.05) is 17.0 Å². The van der Waals surface area contributed by atoms with Crippen molar-refractivity contribution < 1.29 is 9.32 Å². The van der Waals surface area contributed by atoms with Crippen molar-refractivity contribution in [1.82, 2.24) is 5.16 Å². The highest BCUT2D eigenvalue weighted by atomic mass is 32.1. The Kier molecular flexibility index (Phi) is 3.83. The lowest BCUT2D eigenvalue weighted by molar-refractivity contribution is -0.115. The van der Waals surface area contributed by atoms with Crippen LogP contribution in [0.5, 0.6) is 0 Å². The van der Waals surface area contributed by atoms with Crippen LogP contribution in [0.1, 0.15) is 11.1 Å². The van der Waals surface area contributed by atoms with Crippen molar-refractivity contribution in [2.24, 2.45) is 0 Å². The first-order chi connectivity index (χ1) is 10.2. The molecule has 0 aliphatic heterocycles. The molecule has 0 saturated carbocycles. The highest BCUT2D eigenvalue weighted by Gasteiger charge is 2.10. The molecule has 0 aliphatic carbocycles. The molecule has 2 heterocycles. The number of nitrogens with one attached hydrogen (secondary N) is 1. The monoisotopic (exact) mass is 298 g/mol. The third kappa shape index (κ3) is 3.38. The van der Waals surface area contributed by atoms with Gasteiger partial charge >= 0.3 is 0 Å². The van der Waals surface area contributed by atoms with Gasteiger partial charge in [-0.25, -0.2) is 0 Å². The molecule has 0 bridgehead atoms. The molecule has 0 radical (unpaired) electrons. The van der Waals surface area contributed by atoms with Crippen LogP contribution >= 0.6 is 11.3 Å². The summed E-state index contributed by atoms with van der Waals surface area (Å²) in [5, 5.41) is 10.6. The molecule has 4 nitrogen and oxygen atoms in total. The summed E-state index contributed by atoms with van der Waals surface area (Å²) >= 11 is 1.59. The minimum Gasteiger partial charge on any atom is -0.338 e. The Morgan fingerprint density at radius 1 is 1.29 bits per heavy atom. The van der Waals surface area contributed by atoms with E-state index in [1.165, 1.54) is 5.56 Å². The van der Waals surface area contributed by atoms with Gasteiger partial charge in [-0.3, -0.25) is 10.1 Å². The number of rotatable bonds is 4. The summed E-state index contributed by atoms with van der Waals surface area (Å²) in [6, 6.07) is 11.6. The van der Waals surface area contributed by atoms with E-state index in [4.69, 9.17) is 4.52 Å². The molecule has 0 spiro atoms. The molecule has 3 aromatic rings. The fraction of sp³-hybridized carbons (Fsp3) is 0.125. The Balaban J connectivity index is 1.64. The van der Waals surface area contributed by atoms with E-state index in [1.807, 2.05) is 48.0 Å². The van der Waals surface area contributed by atoms with E-state index < -0.39 is 0 Å². The predicted molar refractivity (Wildman–Crippen MR) is 83.3 cm³/mol. The van der Waals surface area contributed by atoms with Gasteiger partial charge in [0.25, 0.3) is 0 Å². The van der Waals surface area contributed by atoms with E-state index in [2.05, 4.69) is 10.5 Å².